The highest BCUT2D eigenvalue weighted by Gasteiger charge is 2.32. The van der Waals surface area contributed by atoms with E-state index in [1.807, 2.05) is 0 Å². The molecule has 0 spiro atoms. The molecule has 0 saturated carbocycles. The predicted octanol–water partition coefficient (Wildman–Crippen LogP) is 2.49. The van der Waals surface area contributed by atoms with Crippen molar-refractivity contribution in [1.82, 2.24) is 5.32 Å². The van der Waals surface area contributed by atoms with Gasteiger partial charge >= 0.3 is 6.36 Å². The lowest BCUT2D eigenvalue weighted by Crippen LogP contribution is -2.31. The van der Waals surface area contributed by atoms with Crippen LogP contribution in [-0.2, 0) is 9.53 Å². The summed E-state index contributed by atoms with van der Waals surface area (Å²) in [6.45, 7) is 0.469. The molecule has 5 nitrogen and oxygen atoms in total. The summed E-state index contributed by atoms with van der Waals surface area (Å²) in [5.41, 5.74) is 0. The number of rotatable bonds is 7. The standard InChI is InChI=1S/C12H13BrF3NO4/c1-19-5-4-17-11(18)7-20-8-2-3-10(9(13)6-8)21-12(14,15)16/h2-3,6H,4-5,7H2,1H3,(H,17,18). The van der Waals surface area contributed by atoms with Crippen LogP contribution in [0.2, 0.25) is 0 Å². The number of ether oxygens (including phenoxy) is 3. The first-order valence-electron chi connectivity index (χ1n) is 5.75. The zero-order valence-electron chi connectivity index (χ0n) is 11.0. The van der Waals surface area contributed by atoms with Gasteiger partial charge in [-0.3, -0.25) is 4.79 Å². The lowest BCUT2D eigenvalue weighted by molar-refractivity contribution is -0.274. The SMILES string of the molecule is COCCNC(=O)COc1ccc(OC(F)(F)F)c(Br)c1. The van der Waals surface area contributed by atoms with E-state index in [2.05, 4.69) is 26.0 Å². The molecule has 0 radical (unpaired) electrons. The third-order valence-electron chi connectivity index (χ3n) is 2.13. The van der Waals surface area contributed by atoms with Gasteiger partial charge in [-0.2, -0.15) is 0 Å². The summed E-state index contributed by atoms with van der Waals surface area (Å²) >= 11 is 2.94. The Labute approximate surface area is 127 Å². The van der Waals surface area contributed by atoms with Crippen molar-refractivity contribution in [2.75, 3.05) is 26.9 Å². The van der Waals surface area contributed by atoms with Crippen LogP contribution in [0.5, 0.6) is 11.5 Å². The summed E-state index contributed by atoms with van der Waals surface area (Å²) in [6, 6.07) is 3.65. The minimum absolute atomic E-state index is 0.0668. The van der Waals surface area contributed by atoms with Crippen molar-refractivity contribution in [3.05, 3.63) is 22.7 Å². The molecule has 0 atom stereocenters. The average Bonchev–Trinajstić information content (AvgIpc) is 2.38. The van der Waals surface area contributed by atoms with Crippen LogP contribution in [-0.4, -0.2) is 39.1 Å². The predicted molar refractivity (Wildman–Crippen MR) is 71.2 cm³/mol. The van der Waals surface area contributed by atoms with Crippen LogP contribution in [0, 0.1) is 0 Å². The van der Waals surface area contributed by atoms with Crippen LogP contribution in [0.25, 0.3) is 0 Å². The van der Waals surface area contributed by atoms with Crippen molar-refractivity contribution in [3.8, 4) is 11.5 Å². The first-order valence-corrected chi connectivity index (χ1v) is 6.55. The van der Waals surface area contributed by atoms with Gasteiger partial charge in [0, 0.05) is 13.7 Å². The lowest BCUT2D eigenvalue weighted by Gasteiger charge is -2.12. The zero-order valence-corrected chi connectivity index (χ0v) is 12.6. The van der Waals surface area contributed by atoms with Gasteiger partial charge in [-0.1, -0.05) is 0 Å². The molecule has 0 unspecified atom stereocenters. The van der Waals surface area contributed by atoms with Crippen molar-refractivity contribution in [2.45, 2.75) is 6.36 Å². The minimum atomic E-state index is -4.77. The Kier molecular flexibility index (Phi) is 6.76. The smallest absolute Gasteiger partial charge is 0.484 e. The average molecular weight is 372 g/mol. The maximum absolute atomic E-state index is 12.1. The van der Waals surface area contributed by atoms with E-state index in [1.165, 1.54) is 19.2 Å². The number of methoxy groups -OCH3 is 1. The molecule has 0 heterocycles. The van der Waals surface area contributed by atoms with Gasteiger partial charge < -0.3 is 19.5 Å². The molecular weight excluding hydrogens is 359 g/mol. The maximum atomic E-state index is 12.1. The summed E-state index contributed by atoms with van der Waals surface area (Å²) in [5.74, 6) is -0.517. The number of carbonyl (C=O) groups excluding carboxylic acids is 1. The quantitative estimate of drug-likeness (QED) is 0.748. The van der Waals surface area contributed by atoms with Gasteiger partial charge in [-0.15, -0.1) is 13.2 Å². The molecule has 1 rings (SSSR count). The second-order valence-corrected chi connectivity index (χ2v) is 4.63. The maximum Gasteiger partial charge on any atom is 0.573 e. The number of nitrogens with one attached hydrogen (secondary N) is 1. The van der Waals surface area contributed by atoms with E-state index in [1.54, 1.807) is 0 Å². The van der Waals surface area contributed by atoms with E-state index in [9.17, 15) is 18.0 Å². The van der Waals surface area contributed by atoms with Gasteiger partial charge in [-0.25, -0.2) is 0 Å². The largest absolute Gasteiger partial charge is 0.573 e. The monoisotopic (exact) mass is 371 g/mol. The summed E-state index contributed by atoms with van der Waals surface area (Å²) in [5, 5.41) is 2.54. The van der Waals surface area contributed by atoms with E-state index < -0.39 is 6.36 Å². The van der Waals surface area contributed by atoms with Crippen molar-refractivity contribution < 1.29 is 32.2 Å². The molecule has 21 heavy (non-hydrogen) atoms. The number of amides is 1. The van der Waals surface area contributed by atoms with Gasteiger partial charge in [0.25, 0.3) is 5.91 Å². The Bertz CT molecular complexity index is 482. The van der Waals surface area contributed by atoms with Gasteiger partial charge in [-0.05, 0) is 34.1 Å². The Morgan fingerprint density at radius 2 is 2.10 bits per heavy atom. The third kappa shape index (κ3) is 7.19. The van der Waals surface area contributed by atoms with Crippen LogP contribution in [0.3, 0.4) is 0 Å². The van der Waals surface area contributed by atoms with Gasteiger partial charge in [0.2, 0.25) is 0 Å². The summed E-state index contributed by atoms with van der Waals surface area (Å²) in [6.07, 6.45) is -4.77. The number of carbonyl (C=O) groups is 1. The fourth-order valence-electron chi connectivity index (χ4n) is 1.27. The Morgan fingerprint density at radius 1 is 1.38 bits per heavy atom. The molecular formula is C12H13BrF3NO4. The second kappa shape index (κ2) is 8.08. The first kappa shape index (κ1) is 17.6. The van der Waals surface area contributed by atoms with Crippen molar-refractivity contribution >= 4 is 21.8 Å². The number of hydrogen-bond donors (Lipinski definition) is 1. The van der Waals surface area contributed by atoms with E-state index in [-0.39, 0.29) is 28.5 Å². The molecule has 1 aromatic rings. The van der Waals surface area contributed by atoms with Gasteiger partial charge in [0.15, 0.2) is 6.61 Å². The Morgan fingerprint density at radius 3 is 2.67 bits per heavy atom. The van der Waals surface area contributed by atoms with Crippen molar-refractivity contribution in [1.29, 1.82) is 0 Å². The topological polar surface area (TPSA) is 56.8 Å². The molecule has 1 aromatic carbocycles. The highest BCUT2D eigenvalue weighted by Crippen LogP contribution is 2.33. The van der Waals surface area contributed by atoms with Crippen molar-refractivity contribution in [3.63, 3.8) is 0 Å². The zero-order chi connectivity index (χ0) is 15.9. The summed E-state index contributed by atoms with van der Waals surface area (Å²) in [4.78, 5) is 11.4. The molecule has 0 bridgehead atoms. The summed E-state index contributed by atoms with van der Waals surface area (Å²) in [7, 11) is 1.50. The third-order valence-corrected chi connectivity index (χ3v) is 2.75. The normalized spacial score (nSPS) is 11.1. The number of alkyl halides is 3. The van der Waals surface area contributed by atoms with Crippen LogP contribution >= 0.6 is 15.9 Å². The number of hydrogen-bond acceptors (Lipinski definition) is 4. The van der Waals surface area contributed by atoms with Crippen LogP contribution < -0.4 is 14.8 Å². The van der Waals surface area contributed by atoms with Crippen molar-refractivity contribution in [2.24, 2.45) is 0 Å². The fourth-order valence-corrected chi connectivity index (χ4v) is 1.71. The lowest BCUT2D eigenvalue weighted by atomic mass is 10.3. The Balaban J connectivity index is 2.50. The molecule has 0 aliphatic heterocycles. The molecule has 0 aromatic heterocycles. The molecule has 1 N–H and O–H groups in total. The van der Waals surface area contributed by atoms with E-state index in [4.69, 9.17) is 9.47 Å². The fraction of sp³-hybridized carbons (Fsp3) is 0.417. The molecule has 0 aliphatic carbocycles. The van der Waals surface area contributed by atoms with Crippen LogP contribution in [0.15, 0.2) is 22.7 Å². The van der Waals surface area contributed by atoms with Gasteiger partial charge in [0.05, 0.1) is 11.1 Å². The highest BCUT2D eigenvalue weighted by atomic mass is 79.9. The van der Waals surface area contributed by atoms with Gasteiger partial charge in [0.1, 0.15) is 11.5 Å². The molecule has 0 fully saturated rings. The first-order chi connectivity index (χ1) is 9.81. The van der Waals surface area contributed by atoms with Crippen LogP contribution in [0.4, 0.5) is 13.2 Å². The molecule has 118 valence electrons. The number of benzene rings is 1. The molecule has 9 heteroatoms. The van der Waals surface area contributed by atoms with E-state index >= 15 is 0 Å². The summed E-state index contributed by atoms with van der Waals surface area (Å²) < 4.78 is 50.0. The van der Waals surface area contributed by atoms with E-state index in [0.717, 1.165) is 6.07 Å². The molecule has 0 saturated heterocycles. The number of halogens is 4. The Hall–Kier alpha value is -1.48. The molecule has 1 amide bonds. The highest BCUT2D eigenvalue weighted by molar-refractivity contribution is 9.10. The van der Waals surface area contributed by atoms with E-state index in [0.29, 0.717) is 13.2 Å². The molecule has 0 aliphatic rings. The van der Waals surface area contributed by atoms with Crippen LogP contribution in [0.1, 0.15) is 0 Å². The second-order valence-electron chi connectivity index (χ2n) is 3.77. The minimum Gasteiger partial charge on any atom is -0.484 e.